The maximum absolute atomic E-state index is 10.3. The van der Waals surface area contributed by atoms with Crippen LogP contribution < -0.4 is 5.43 Å². The average molecular weight is 354 g/mol. The molecule has 0 unspecified atom stereocenters. The molecule has 4 nitrogen and oxygen atoms in total. The van der Waals surface area contributed by atoms with Gasteiger partial charge in [0, 0.05) is 0 Å². The summed E-state index contributed by atoms with van der Waals surface area (Å²) < 4.78 is 0. The standard InChI is InChI=1S/C20H25N3O.C2H6/c1-7-9-18(14(5)13(3)4)23-15(6)21-22-20(23)17-12-16(8-2)10-11-19(17)24;1-2/h7,9-12,21,24H,1,6,8H2,2-5H3;1-2H3/b18-9+;. The number of nitrogens with one attached hydrogen (secondary N) is 1. The maximum Gasteiger partial charge on any atom is 0.170 e. The highest BCUT2D eigenvalue weighted by atomic mass is 16.3. The molecule has 2 N–H and O–H groups in total. The number of hydrogen-bond acceptors (Lipinski definition) is 4. The quantitative estimate of drug-likeness (QED) is 0.692. The molecule has 1 aromatic carbocycles. The zero-order valence-electron chi connectivity index (χ0n) is 16.8. The summed E-state index contributed by atoms with van der Waals surface area (Å²) in [5.41, 5.74) is 7.97. The Morgan fingerprint density at radius 3 is 2.46 bits per heavy atom. The minimum absolute atomic E-state index is 0.195. The van der Waals surface area contributed by atoms with Crippen molar-refractivity contribution in [2.45, 2.75) is 48.0 Å². The van der Waals surface area contributed by atoms with Crippen LogP contribution in [0, 0.1) is 0 Å². The van der Waals surface area contributed by atoms with Gasteiger partial charge in [0.05, 0.1) is 11.3 Å². The van der Waals surface area contributed by atoms with Gasteiger partial charge in [-0.05, 0) is 56.5 Å². The minimum atomic E-state index is 0.195. The summed E-state index contributed by atoms with van der Waals surface area (Å²) in [5.74, 6) is 1.46. The first-order valence-electron chi connectivity index (χ1n) is 9.02. The monoisotopic (exact) mass is 353 g/mol. The Bertz CT molecular complexity index is 766. The maximum atomic E-state index is 10.3. The molecule has 1 aliphatic rings. The van der Waals surface area contributed by atoms with Crippen molar-refractivity contribution in [1.29, 1.82) is 0 Å². The van der Waals surface area contributed by atoms with Crippen molar-refractivity contribution in [1.82, 2.24) is 10.3 Å². The molecule has 1 aromatic rings. The number of nitrogens with zero attached hydrogens (tertiary/aromatic N) is 2. The molecule has 0 fully saturated rings. The molecule has 0 spiro atoms. The van der Waals surface area contributed by atoms with Crippen LogP contribution >= 0.6 is 0 Å². The molecule has 0 aromatic heterocycles. The fourth-order valence-electron chi connectivity index (χ4n) is 2.50. The van der Waals surface area contributed by atoms with Crippen molar-refractivity contribution in [3.05, 3.63) is 77.3 Å². The van der Waals surface area contributed by atoms with Crippen LogP contribution in [0.1, 0.15) is 52.7 Å². The number of rotatable bonds is 5. The van der Waals surface area contributed by atoms with Crippen LogP contribution in [0.2, 0.25) is 0 Å². The largest absolute Gasteiger partial charge is 0.507 e. The van der Waals surface area contributed by atoms with Crippen LogP contribution in [0.5, 0.6) is 5.75 Å². The second-order valence-electron chi connectivity index (χ2n) is 5.95. The first kappa shape index (κ1) is 21.3. The second-order valence-corrected chi connectivity index (χ2v) is 5.95. The first-order chi connectivity index (χ1) is 12.4. The molecule has 1 aliphatic heterocycles. The SMILES string of the molecule is C=C/C=C(\C(C)=C(C)C)N1C(=C)NN=C1c1cc(CC)ccc1O.CC. The summed E-state index contributed by atoms with van der Waals surface area (Å²) >= 11 is 0. The molecule has 1 heterocycles. The van der Waals surface area contributed by atoms with E-state index in [2.05, 4.69) is 51.4 Å². The van der Waals surface area contributed by atoms with Crippen molar-refractivity contribution < 1.29 is 5.11 Å². The van der Waals surface area contributed by atoms with Crippen LogP contribution in [-0.2, 0) is 6.42 Å². The van der Waals surface area contributed by atoms with E-state index in [1.54, 1.807) is 12.1 Å². The number of hydrogen-bond donors (Lipinski definition) is 2. The lowest BCUT2D eigenvalue weighted by Crippen LogP contribution is -2.28. The zero-order chi connectivity index (χ0) is 19.9. The van der Waals surface area contributed by atoms with Gasteiger partial charge in [-0.3, -0.25) is 10.3 Å². The van der Waals surface area contributed by atoms with Gasteiger partial charge in [0.2, 0.25) is 0 Å². The Morgan fingerprint density at radius 1 is 1.27 bits per heavy atom. The Labute approximate surface area is 157 Å². The number of benzene rings is 1. The third kappa shape index (κ3) is 4.45. The second kappa shape index (κ2) is 9.66. The van der Waals surface area contributed by atoms with Crippen LogP contribution in [0.3, 0.4) is 0 Å². The summed E-state index contributed by atoms with van der Waals surface area (Å²) in [6, 6.07) is 5.59. The molecule has 140 valence electrons. The summed E-state index contributed by atoms with van der Waals surface area (Å²) in [6.45, 7) is 20.1. The average Bonchev–Trinajstić information content (AvgIpc) is 3.02. The van der Waals surface area contributed by atoms with Crippen LogP contribution in [0.15, 0.2) is 71.3 Å². The lowest BCUT2D eigenvalue weighted by atomic mass is 10.0. The van der Waals surface area contributed by atoms with Crippen molar-refractivity contribution in [2.75, 3.05) is 0 Å². The van der Waals surface area contributed by atoms with E-state index in [1.807, 2.05) is 37.0 Å². The molecule has 0 saturated carbocycles. The van der Waals surface area contributed by atoms with Gasteiger partial charge in [0.15, 0.2) is 5.84 Å². The van der Waals surface area contributed by atoms with E-state index in [-0.39, 0.29) is 5.75 Å². The summed E-state index contributed by atoms with van der Waals surface area (Å²) in [7, 11) is 0. The van der Waals surface area contributed by atoms with Gasteiger partial charge in [-0.15, -0.1) is 0 Å². The number of aromatic hydroxyl groups is 1. The Morgan fingerprint density at radius 2 is 1.92 bits per heavy atom. The Kier molecular flexibility index (Phi) is 7.91. The molecule has 0 aliphatic carbocycles. The predicted octanol–water partition coefficient (Wildman–Crippen LogP) is 5.45. The molecule has 0 amide bonds. The molecule has 0 radical (unpaired) electrons. The molecular weight excluding hydrogens is 322 g/mol. The minimum Gasteiger partial charge on any atom is -0.507 e. The highest BCUT2D eigenvalue weighted by molar-refractivity contribution is 6.04. The van der Waals surface area contributed by atoms with E-state index in [0.717, 1.165) is 23.3 Å². The van der Waals surface area contributed by atoms with Gasteiger partial charge >= 0.3 is 0 Å². The lowest BCUT2D eigenvalue weighted by Gasteiger charge is -2.25. The molecule has 2 rings (SSSR count). The topological polar surface area (TPSA) is 47.9 Å². The molecule has 0 bridgehead atoms. The van der Waals surface area contributed by atoms with Crippen molar-refractivity contribution in [3.8, 4) is 5.75 Å². The number of phenols is 1. The number of amidine groups is 1. The van der Waals surface area contributed by atoms with Gasteiger partial charge in [-0.2, -0.15) is 5.10 Å². The third-order valence-corrected chi connectivity index (χ3v) is 4.13. The highest BCUT2D eigenvalue weighted by Crippen LogP contribution is 2.30. The lowest BCUT2D eigenvalue weighted by molar-refractivity contribution is 0.472. The van der Waals surface area contributed by atoms with Gasteiger partial charge in [-0.1, -0.05) is 51.6 Å². The predicted molar refractivity (Wildman–Crippen MR) is 112 cm³/mol. The normalized spacial score (nSPS) is 13.5. The van der Waals surface area contributed by atoms with Crippen LogP contribution in [0.25, 0.3) is 0 Å². The number of hydrazone groups is 1. The molecule has 0 atom stereocenters. The van der Waals surface area contributed by atoms with E-state index in [1.165, 1.54) is 5.57 Å². The summed E-state index contributed by atoms with van der Waals surface area (Å²) in [6.07, 6.45) is 4.56. The number of aryl methyl sites for hydroxylation is 1. The molecule has 4 heteroatoms. The molecule has 26 heavy (non-hydrogen) atoms. The van der Waals surface area contributed by atoms with E-state index in [0.29, 0.717) is 17.2 Å². The van der Waals surface area contributed by atoms with Crippen LogP contribution in [0.4, 0.5) is 0 Å². The number of allylic oxidation sites excluding steroid dienone is 4. The number of phenolic OH excluding ortho intramolecular Hbond substituents is 1. The zero-order valence-corrected chi connectivity index (χ0v) is 16.8. The Balaban J connectivity index is 0.00000163. The van der Waals surface area contributed by atoms with E-state index < -0.39 is 0 Å². The van der Waals surface area contributed by atoms with E-state index in [4.69, 9.17) is 0 Å². The van der Waals surface area contributed by atoms with Gasteiger partial charge in [-0.25, -0.2) is 0 Å². The van der Waals surface area contributed by atoms with Gasteiger partial charge < -0.3 is 5.11 Å². The van der Waals surface area contributed by atoms with Crippen molar-refractivity contribution in [2.24, 2.45) is 5.10 Å². The van der Waals surface area contributed by atoms with E-state index >= 15 is 0 Å². The third-order valence-electron chi connectivity index (χ3n) is 4.13. The van der Waals surface area contributed by atoms with Crippen LogP contribution in [-0.4, -0.2) is 15.8 Å². The summed E-state index contributed by atoms with van der Waals surface area (Å²) in [5, 5.41) is 14.7. The van der Waals surface area contributed by atoms with Crippen molar-refractivity contribution in [3.63, 3.8) is 0 Å². The fraction of sp³-hybridized carbons (Fsp3) is 0.318. The van der Waals surface area contributed by atoms with Crippen molar-refractivity contribution >= 4 is 5.84 Å². The van der Waals surface area contributed by atoms with Gasteiger partial charge in [0.1, 0.15) is 11.6 Å². The highest BCUT2D eigenvalue weighted by Gasteiger charge is 2.28. The molecular formula is C22H31N3O. The molecule has 0 saturated heterocycles. The smallest absolute Gasteiger partial charge is 0.170 e. The first-order valence-corrected chi connectivity index (χ1v) is 9.02. The van der Waals surface area contributed by atoms with E-state index in [9.17, 15) is 5.11 Å². The Hall–Kier alpha value is -2.75. The fourth-order valence-corrected chi connectivity index (χ4v) is 2.50. The summed E-state index contributed by atoms with van der Waals surface area (Å²) in [4.78, 5) is 1.92. The van der Waals surface area contributed by atoms with Gasteiger partial charge in [0.25, 0.3) is 0 Å².